The van der Waals surface area contributed by atoms with E-state index < -0.39 is 15.9 Å². The summed E-state index contributed by atoms with van der Waals surface area (Å²) in [5.41, 5.74) is 2.89. The summed E-state index contributed by atoms with van der Waals surface area (Å²) in [5.74, 6) is -0.767. The van der Waals surface area contributed by atoms with Crippen molar-refractivity contribution in [2.24, 2.45) is 0 Å². The van der Waals surface area contributed by atoms with Gasteiger partial charge in [-0.05, 0) is 36.3 Å². The first kappa shape index (κ1) is 23.4. The fraction of sp³-hybridized carbons (Fsp3) is 0.150. The van der Waals surface area contributed by atoms with Gasteiger partial charge in [-0.25, -0.2) is 8.42 Å². The van der Waals surface area contributed by atoms with Gasteiger partial charge in [0.15, 0.2) is 0 Å². The minimum atomic E-state index is -3.84. The van der Waals surface area contributed by atoms with Crippen molar-refractivity contribution in [2.45, 2.75) is 17.7 Å². The van der Waals surface area contributed by atoms with Crippen LogP contribution < -0.4 is 10.3 Å². The summed E-state index contributed by atoms with van der Waals surface area (Å²) in [4.78, 5) is 28.6. The Kier molecular flexibility index (Phi) is 7.84. The van der Waals surface area contributed by atoms with E-state index >= 15 is 0 Å². The number of thiocarbonyl (C=S) groups is 1. The minimum Gasteiger partial charge on any atom is -0.293 e. The molecule has 2 aromatic rings. The number of rotatable bonds is 8. The smallest absolute Gasteiger partial charge is 0.266 e. The fourth-order valence-corrected chi connectivity index (χ4v) is 5.04. The van der Waals surface area contributed by atoms with Crippen molar-refractivity contribution in [1.29, 1.82) is 0 Å². The normalized spacial score (nSPS) is 15.5. The number of carbonyl (C=O) groups excluding carboxylic acids is 2. The van der Waals surface area contributed by atoms with Crippen LogP contribution in [-0.2, 0) is 19.6 Å². The molecule has 1 heterocycles. The van der Waals surface area contributed by atoms with E-state index in [0.29, 0.717) is 20.7 Å². The lowest BCUT2D eigenvalue weighted by molar-refractivity contribution is -0.124. The predicted molar refractivity (Wildman–Crippen MR) is 125 cm³/mol. The molecule has 0 bridgehead atoms. The number of benzene rings is 2. The molecule has 1 fully saturated rings. The number of hydrogen-bond donors (Lipinski definition) is 2. The van der Waals surface area contributed by atoms with Crippen molar-refractivity contribution in [3.05, 3.63) is 70.1 Å². The van der Waals surface area contributed by atoms with Gasteiger partial charge in [0.1, 0.15) is 4.32 Å². The lowest BCUT2D eigenvalue weighted by atomic mass is 10.2. The summed E-state index contributed by atoms with van der Waals surface area (Å²) in [5, 5.41) is 0.530. The number of thioether (sulfide) groups is 1. The molecule has 0 atom stereocenters. The summed E-state index contributed by atoms with van der Waals surface area (Å²) in [6, 6.07) is 14.8. The number of halogens is 1. The Bertz CT molecular complexity index is 1140. The first-order chi connectivity index (χ1) is 14.8. The van der Waals surface area contributed by atoms with Crippen molar-refractivity contribution >= 4 is 67.8 Å². The molecular formula is C20H18ClN3O4S3. The monoisotopic (exact) mass is 495 g/mol. The standard InChI is InChI=1S/C20H18ClN3O4S3/c21-16-10-5-4-7-14(16)13-17-19(26)24(20(29)30-17)12-6-11-18(25)22-23-31(27,28)15-8-2-1-3-9-15/h1-5,7-10,13,23H,6,11-12H2,(H,22,25)/b17-13-. The molecule has 2 aromatic carbocycles. The number of amides is 2. The van der Waals surface area contributed by atoms with Crippen LogP contribution in [0.1, 0.15) is 18.4 Å². The largest absolute Gasteiger partial charge is 0.293 e. The maximum atomic E-state index is 12.6. The summed E-state index contributed by atoms with van der Waals surface area (Å²) in [6.45, 7) is 0.239. The third-order valence-electron chi connectivity index (χ3n) is 4.23. The molecule has 0 aliphatic carbocycles. The van der Waals surface area contributed by atoms with Crippen molar-refractivity contribution in [3.8, 4) is 0 Å². The Morgan fingerprint density at radius 3 is 2.52 bits per heavy atom. The lowest BCUT2D eigenvalue weighted by Gasteiger charge is -2.14. The SMILES string of the molecule is O=C(CCCN1C(=O)/C(=C/c2ccccc2Cl)SC1=S)NNS(=O)(=O)c1ccccc1. The Labute approximate surface area is 194 Å². The second kappa shape index (κ2) is 10.4. The van der Waals surface area contributed by atoms with Crippen LogP contribution >= 0.6 is 35.6 Å². The molecule has 162 valence electrons. The molecular weight excluding hydrogens is 478 g/mol. The topological polar surface area (TPSA) is 95.6 Å². The van der Waals surface area contributed by atoms with Crippen molar-refractivity contribution in [1.82, 2.24) is 15.2 Å². The second-order valence-electron chi connectivity index (χ2n) is 6.43. The van der Waals surface area contributed by atoms with Gasteiger partial charge in [0.2, 0.25) is 5.91 Å². The lowest BCUT2D eigenvalue weighted by Crippen LogP contribution is -2.41. The van der Waals surface area contributed by atoms with Crippen LogP contribution in [0.15, 0.2) is 64.4 Å². The van der Waals surface area contributed by atoms with Crippen LogP contribution in [0.3, 0.4) is 0 Å². The summed E-state index contributed by atoms with van der Waals surface area (Å²) < 4.78 is 24.6. The van der Waals surface area contributed by atoms with Gasteiger partial charge >= 0.3 is 0 Å². The van der Waals surface area contributed by atoms with Crippen LogP contribution in [0, 0.1) is 0 Å². The van der Waals surface area contributed by atoms with Gasteiger partial charge in [-0.15, -0.1) is 4.83 Å². The zero-order valence-electron chi connectivity index (χ0n) is 16.1. The van der Waals surface area contributed by atoms with Gasteiger partial charge in [0, 0.05) is 18.0 Å². The van der Waals surface area contributed by atoms with E-state index in [-0.39, 0.29) is 23.8 Å². The van der Waals surface area contributed by atoms with E-state index in [2.05, 4.69) is 10.3 Å². The van der Waals surface area contributed by atoms with Crippen LogP contribution in [0.2, 0.25) is 5.02 Å². The van der Waals surface area contributed by atoms with Gasteiger partial charge < -0.3 is 0 Å². The molecule has 0 spiro atoms. The molecule has 0 saturated carbocycles. The molecule has 1 aliphatic rings. The van der Waals surface area contributed by atoms with Gasteiger partial charge in [-0.2, -0.15) is 0 Å². The quantitative estimate of drug-likeness (QED) is 0.331. The Morgan fingerprint density at radius 2 is 1.81 bits per heavy atom. The molecule has 2 N–H and O–H groups in total. The number of hydrogen-bond acceptors (Lipinski definition) is 6. The van der Waals surface area contributed by atoms with E-state index in [0.717, 1.165) is 5.56 Å². The van der Waals surface area contributed by atoms with E-state index in [4.69, 9.17) is 23.8 Å². The average molecular weight is 496 g/mol. The molecule has 1 saturated heterocycles. The summed E-state index contributed by atoms with van der Waals surface area (Å²) >= 11 is 12.6. The number of sulfonamides is 1. The first-order valence-corrected chi connectivity index (χ1v) is 12.2. The molecule has 31 heavy (non-hydrogen) atoms. The predicted octanol–water partition coefficient (Wildman–Crippen LogP) is 3.33. The highest BCUT2D eigenvalue weighted by atomic mass is 35.5. The highest BCUT2D eigenvalue weighted by Gasteiger charge is 2.31. The molecule has 11 heteroatoms. The molecule has 0 radical (unpaired) electrons. The molecule has 7 nitrogen and oxygen atoms in total. The number of hydrazine groups is 1. The minimum absolute atomic E-state index is 0.0118. The maximum absolute atomic E-state index is 12.6. The van der Waals surface area contributed by atoms with E-state index in [1.807, 2.05) is 6.07 Å². The Hall–Kier alpha value is -2.24. The highest BCUT2D eigenvalue weighted by molar-refractivity contribution is 8.26. The van der Waals surface area contributed by atoms with Gasteiger partial charge in [0.05, 0.1) is 9.80 Å². The van der Waals surface area contributed by atoms with Gasteiger partial charge in [-0.3, -0.25) is 19.9 Å². The number of nitrogens with one attached hydrogen (secondary N) is 2. The zero-order chi connectivity index (χ0) is 22.4. The summed E-state index contributed by atoms with van der Waals surface area (Å²) in [7, 11) is -3.84. The Balaban J connectivity index is 1.50. The van der Waals surface area contributed by atoms with E-state index in [1.54, 1.807) is 42.5 Å². The van der Waals surface area contributed by atoms with Crippen LogP contribution in [-0.4, -0.2) is 36.0 Å². The fourth-order valence-electron chi connectivity index (χ4n) is 2.67. The molecule has 3 rings (SSSR count). The zero-order valence-corrected chi connectivity index (χ0v) is 19.3. The summed E-state index contributed by atoms with van der Waals surface area (Å²) in [6.07, 6.45) is 2.01. The molecule has 1 aliphatic heterocycles. The Morgan fingerprint density at radius 1 is 1.13 bits per heavy atom. The van der Waals surface area contributed by atoms with Gasteiger partial charge in [-0.1, -0.05) is 72.0 Å². The maximum Gasteiger partial charge on any atom is 0.266 e. The van der Waals surface area contributed by atoms with E-state index in [9.17, 15) is 18.0 Å². The van der Waals surface area contributed by atoms with Crippen molar-refractivity contribution in [3.63, 3.8) is 0 Å². The van der Waals surface area contributed by atoms with Crippen LogP contribution in [0.4, 0.5) is 0 Å². The first-order valence-electron chi connectivity index (χ1n) is 9.13. The highest BCUT2D eigenvalue weighted by Crippen LogP contribution is 2.33. The van der Waals surface area contributed by atoms with Crippen LogP contribution in [0.5, 0.6) is 0 Å². The molecule has 0 aromatic heterocycles. The molecule has 2 amide bonds. The van der Waals surface area contributed by atoms with Crippen molar-refractivity contribution in [2.75, 3.05) is 6.54 Å². The van der Waals surface area contributed by atoms with Gasteiger partial charge in [0.25, 0.3) is 15.9 Å². The molecule has 0 unspecified atom stereocenters. The average Bonchev–Trinajstić information content (AvgIpc) is 3.02. The second-order valence-corrected chi connectivity index (χ2v) is 10.2. The van der Waals surface area contributed by atoms with Crippen molar-refractivity contribution < 1.29 is 18.0 Å². The third-order valence-corrected chi connectivity index (χ3v) is 7.21. The third kappa shape index (κ3) is 6.14. The number of nitrogens with zero attached hydrogens (tertiary/aromatic N) is 1. The number of carbonyl (C=O) groups is 2. The van der Waals surface area contributed by atoms with Crippen LogP contribution in [0.25, 0.3) is 6.08 Å². The van der Waals surface area contributed by atoms with E-state index in [1.165, 1.54) is 28.8 Å².